The highest BCUT2D eigenvalue weighted by atomic mass is 79.9. The molecule has 20 heavy (non-hydrogen) atoms. The standard InChI is InChI=1S/C13H15BrN2O4/c1-8-2-3-10(9(14)6-8)15-12(19)16-13(11(17)18)4-5-20-7-13/h2-3,6H,4-5,7H2,1H3,(H,17,18)(H2,15,16,19). The fourth-order valence-corrected chi connectivity index (χ4v) is 2.57. The lowest BCUT2D eigenvalue weighted by Gasteiger charge is -2.24. The average Bonchev–Trinajstić information content (AvgIpc) is 2.82. The molecule has 1 aliphatic rings. The van der Waals surface area contributed by atoms with Gasteiger partial charge in [-0.25, -0.2) is 9.59 Å². The highest BCUT2D eigenvalue weighted by Crippen LogP contribution is 2.24. The van der Waals surface area contributed by atoms with Crippen LogP contribution < -0.4 is 10.6 Å². The highest BCUT2D eigenvalue weighted by Gasteiger charge is 2.44. The number of aliphatic carboxylic acids is 1. The van der Waals surface area contributed by atoms with Crippen molar-refractivity contribution in [1.82, 2.24) is 5.32 Å². The molecule has 1 aromatic carbocycles. The third-order valence-corrected chi connectivity index (χ3v) is 3.81. The fraction of sp³-hybridized carbons (Fsp3) is 0.385. The quantitative estimate of drug-likeness (QED) is 0.785. The molecular formula is C13H15BrN2O4. The van der Waals surface area contributed by atoms with E-state index in [-0.39, 0.29) is 13.0 Å². The molecule has 0 radical (unpaired) electrons. The molecule has 2 rings (SSSR count). The van der Waals surface area contributed by atoms with Crippen molar-refractivity contribution in [2.45, 2.75) is 18.9 Å². The van der Waals surface area contributed by atoms with Crippen LogP contribution in [-0.2, 0) is 9.53 Å². The molecule has 1 atom stereocenters. The molecule has 1 heterocycles. The summed E-state index contributed by atoms with van der Waals surface area (Å²) in [6.45, 7) is 2.23. The van der Waals surface area contributed by atoms with E-state index in [1.54, 1.807) is 6.07 Å². The van der Waals surface area contributed by atoms with Gasteiger partial charge in [0, 0.05) is 17.5 Å². The van der Waals surface area contributed by atoms with E-state index in [1.807, 2.05) is 19.1 Å². The van der Waals surface area contributed by atoms with Crippen LogP contribution in [0.25, 0.3) is 0 Å². The summed E-state index contributed by atoms with van der Waals surface area (Å²) in [6.07, 6.45) is 0.255. The number of carbonyl (C=O) groups is 2. The molecule has 0 aliphatic carbocycles. The Morgan fingerprint density at radius 3 is 2.75 bits per heavy atom. The van der Waals surface area contributed by atoms with E-state index in [2.05, 4.69) is 26.6 Å². The minimum Gasteiger partial charge on any atom is -0.479 e. The van der Waals surface area contributed by atoms with Gasteiger partial charge in [0.15, 0.2) is 5.54 Å². The minimum atomic E-state index is -1.35. The van der Waals surface area contributed by atoms with E-state index in [0.29, 0.717) is 12.3 Å². The first kappa shape index (κ1) is 14.8. The monoisotopic (exact) mass is 342 g/mol. The van der Waals surface area contributed by atoms with Gasteiger partial charge in [-0.3, -0.25) is 0 Å². The zero-order valence-corrected chi connectivity index (χ0v) is 12.5. The number of ether oxygens (including phenoxy) is 1. The molecule has 0 saturated carbocycles. The Labute approximate surface area is 124 Å². The van der Waals surface area contributed by atoms with Gasteiger partial charge in [0.25, 0.3) is 0 Å². The zero-order chi connectivity index (χ0) is 14.8. The fourth-order valence-electron chi connectivity index (χ4n) is 1.98. The van der Waals surface area contributed by atoms with Gasteiger partial charge < -0.3 is 20.5 Å². The largest absolute Gasteiger partial charge is 0.479 e. The van der Waals surface area contributed by atoms with Crippen molar-refractivity contribution in [3.8, 4) is 0 Å². The summed E-state index contributed by atoms with van der Waals surface area (Å²) in [5.41, 5.74) is 0.280. The summed E-state index contributed by atoms with van der Waals surface area (Å²) < 4.78 is 5.82. The van der Waals surface area contributed by atoms with Crippen molar-refractivity contribution in [2.75, 3.05) is 18.5 Å². The minimum absolute atomic E-state index is 0.0230. The van der Waals surface area contributed by atoms with Crippen LogP contribution in [0.1, 0.15) is 12.0 Å². The lowest BCUT2D eigenvalue weighted by molar-refractivity contribution is -0.144. The number of rotatable bonds is 3. The van der Waals surface area contributed by atoms with Gasteiger partial charge in [0.2, 0.25) is 0 Å². The molecular weight excluding hydrogens is 328 g/mol. The normalized spacial score (nSPS) is 21.5. The van der Waals surface area contributed by atoms with Gasteiger partial charge >= 0.3 is 12.0 Å². The Bertz CT molecular complexity index is 541. The molecule has 1 aliphatic heterocycles. The second-order valence-corrected chi connectivity index (χ2v) is 5.61. The molecule has 2 amide bonds. The smallest absolute Gasteiger partial charge is 0.332 e. The van der Waals surface area contributed by atoms with Gasteiger partial charge in [-0.05, 0) is 40.5 Å². The van der Waals surface area contributed by atoms with Crippen LogP contribution in [0.4, 0.5) is 10.5 Å². The molecule has 1 saturated heterocycles. The van der Waals surface area contributed by atoms with Crippen molar-refractivity contribution in [3.05, 3.63) is 28.2 Å². The van der Waals surface area contributed by atoms with Crippen molar-refractivity contribution in [3.63, 3.8) is 0 Å². The number of carboxylic acid groups (broad SMARTS) is 1. The SMILES string of the molecule is Cc1ccc(NC(=O)NC2(C(=O)O)CCOC2)c(Br)c1. The number of aryl methyl sites for hydroxylation is 1. The molecule has 7 heteroatoms. The summed E-state index contributed by atoms with van der Waals surface area (Å²) in [5, 5.41) is 14.4. The summed E-state index contributed by atoms with van der Waals surface area (Å²) in [7, 11) is 0. The molecule has 1 unspecified atom stereocenters. The maximum atomic E-state index is 12.0. The number of anilines is 1. The molecule has 0 aromatic heterocycles. The van der Waals surface area contributed by atoms with E-state index >= 15 is 0 Å². The van der Waals surface area contributed by atoms with Gasteiger partial charge in [0.05, 0.1) is 12.3 Å². The van der Waals surface area contributed by atoms with Crippen LogP contribution >= 0.6 is 15.9 Å². The van der Waals surface area contributed by atoms with Crippen LogP contribution in [0.3, 0.4) is 0 Å². The number of hydrogen-bond acceptors (Lipinski definition) is 3. The first-order valence-corrected chi connectivity index (χ1v) is 6.89. The summed E-state index contributed by atoms with van der Waals surface area (Å²) in [6, 6.07) is 4.90. The molecule has 1 fully saturated rings. The van der Waals surface area contributed by atoms with Crippen LogP contribution in [-0.4, -0.2) is 35.9 Å². The third-order valence-electron chi connectivity index (χ3n) is 3.16. The van der Waals surface area contributed by atoms with Crippen molar-refractivity contribution >= 4 is 33.6 Å². The Balaban J connectivity index is 2.07. The molecule has 3 N–H and O–H groups in total. The predicted molar refractivity (Wildman–Crippen MR) is 76.8 cm³/mol. The zero-order valence-electron chi connectivity index (χ0n) is 10.9. The second-order valence-electron chi connectivity index (χ2n) is 4.75. The lowest BCUT2D eigenvalue weighted by atomic mass is 9.99. The third kappa shape index (κ3) is 3.10. The van der Waals surface area contributed by atoms with E-state index in [9.17, 15) is 14.7 Å². The molecule has 108 valence electrons. The van der Waals surface area contributed by atoms with E-state index < -0.39 is 17.5 Å². The highest BCUT2D eigenvalue weighted by molar-refractivity contribution is 9.10. The number of carbonyl (C=O) groups excluding carboxylic acids is 1. The Morgan fingerprint density at radius 1 is 1.45 bits per heavy atom. The maximum Gasteiger partial charge on any atom is 0.332 e. The number of carboxylic acids is 1. The van der Waals surface area contributed by atoms with Crippen LogP contribution in [0.15, 0.2) is 22.7 Å². The number of hydrogen-bond donors (Lipinski definition) is 3. The van der Waals surface area contributed by atoms with Crippen molar-refractivity contribution in [2.24, 2.45) is 0 Å². The number of halogens is 1. The first-order valence-electron chi connectivity index (χ1n) is 6.09. The number of benzene rings is 1. The summed E-state index contributed by atoms with van der Waals surface area (Å²) in [5.74, 6) is -1.09. The van der Waals surface area contributed by atoms with Gasteiger partial charge in [0.1, 0.15) is 0 Å². The average molecular weight is 343 g/mol. The van der Waals surface area contributed by atoms with Gasteiger partial charge in [-0.1, -0.05) is 6.07 Å². The Morgan fingerprint density at radius 2 is 2.20 bits per heavy atom. The van der Waals surface area contributed by atoms with E-state index in [1.165, 1.54) is 0 Å². The molecule has 1 aromatic rings. The van der Waals surface area contributed by atoms with Crippen molar-refractivity contribution < 1.29 is 19.4 Å². The second kappa shape index (κ2) is 5.80. The number of nitrogens with one attached hydrogen (secondary N) is 2. The molecule has 6 nitrogen and oxygen atoms in total. The Kier molecular flexibility index (Phi) is 4.29. The summed E-state index contributed by atoms with van der Waals surface area (Å²) >= 11 is 3.35. The summed E-state index contributed by atoms with van der Waals surface area (Å²) in [4.78, 5) is 23.2. The number of urea groups is 1. The first-order chi connectivity index (χ1) is 9.43. The maximum absolute atomic E-state index is 12.0. The van der Waals surface area contributed by atoms with Crippen LogP contribution in [0.5, 0.6) is 0 Å². The van der Waals surface area contributed by atoms with Crippen molar-refractivity contribution in [1.29, 1.82) is 0 Å². The Hall–Kier alpha value is -1.60. The van der Waals surface area contributed by atoms with Gasteiger partial charge in [-0.15, -0.1) is 0 Å². The topological polar surface area (TPSA) is 87.7 Å². The van der Waals surface area contributed by atoms with Crippen LogP contribution in [0.2, 0.25) is 0 Å². The van der Waals surface area contributed by atoms with Crippen LogP contribution in [0, 0.1) is 6.92 Å². The lowest BCUT2D eigenvalue weighted by Crippen LogP contribution is -2.56. The molecule has 0 spiro atoms. The van der Waals surface area contributed by atoms with E-state index in [4.69, 9.17) is 4.74 Å². The molecule has 0 bridgehead atoms. The van der Waals surface area contributed by atoms with Gasteiger partial charge in [-0.2, -0.15) is 0 Å². The van der Waals surface area contributed by atoms with E-state index in [0.717, 1.165) is 10.0 Å². The predicted octanol–water partition coefficient (Wildman–Crippen LogP) is 2.12. The number of amides is 2.